The lowest BCUT2D eigenvalue weighted by Crippen LogP contribution is -2.03. The van der Waals surface area contributed by atoms with E-state index in [9.17, 15) is 4.79 Å². The van der Waals surface area contributed by atoms with E-state index in [1.54, 1.807) is 22.7 Å². The molecule has 0 spiro atoms. The van der Waals surface area contributed by atoms with Crippen molar-refractivity contribution in [2.75, 3.05) is 0 Å². The Hall–Kier alpha value is -0.450. The minimum atomic E-state index is 0.284. The second-order valence-electron chi connectivity index (χ2n) is 3.20. The van der Waals surface area contributed by atoms with Gasteiger partial charge in [-0.05, 0) is 33.4 Å². The average Bonchev–Trinajstić information content (AvgIpc) is 2.77. The molecular formula is C11H9BrOS2. The summed E-state index contributed by atoms with van der Waals surface area (Å²) >= 11 is 6.65. The first-order valence-electron chi connectivity index (χ1n) is 4.51. The van der Waals surface area contributed by atoms with Gasteiger partial charge in [-0.1, -0.05) is 6.07 Å². The highest BCUT2D eigenvalue weighted by Crippen LogP contribution is 2.21. The van der Waals surface area contributed by atoms with E-state index in [4.69, 9.17) is 0 Å². The first-order valence-corrected chi connectivity index (χ1v) is 7.06. The summed E-state index contributed by atoms with van der Waals surface area (Å²) in [6.07, 6.45) is 1.11. The summed E-state index contributed by atoms with van der Waals surface area (Å²) in [5, 5.41) is 4.01. The largest absolute Gasteiger partial charge is 0.299 e. The molecule has 2 rings (SSSR count). The maximum atomic E-state index is 11.7. The van der Waals surface area contributed by atoms with Crippen molar-refractivity contribution in [3.05, 3.63) is 43.2 Å². The molecule has 0 N–H and O–H groups in total. The van der Waals surface area contributed by atoms with Crippen LogP contribution in [-0.2, 0) is 17.6 Å². The molecule has 0 unspecified atom stereocenters. The van der Waals surface area contributed by atoms with E-state index < -0.39 is 0 Å². The molecule has 2 aromatic rings. The summed E-state index contributed by atoms with van der Waals surface area (Å²) in [7, 11) is 0. The third-order valence-corrected chi connectivity index (χ3v) is 4.52. The molecule has 0 amide bonds. The second kappa shape index (κ2) is 5.05. The van der Waals surface area contributed by atoms with Gasteiger partial charge in [-0.15, -0.1) is 22.7 Å². The highest BCUT2D eigenvalue weighted by molar-refractivity contribution is 9.10. The fourth-order valence-electron chi connectivity index (χ4n) is 1.31. The topological polar surface area (TPSA) is 17.1 Å². The number of hydrogen-bond acceptors (Lipinski definition) is 3. The normalized spacial score (nSPS) is 10.5. The monoisotopic (exact) mass is 300 g/mol. The van der Waals surface area contributed by atoms with Crippen molar-refractivity contribution in [3.63, 3.8) is 0 Å². The molecule has 2 heterocycles. The lowest BCUT2D eigenvalue weighted by atomic mass is 10.2. The van der Waals surface area contributed by atoms with E-state index in [2.05, 4.69) is 15.9 Å². The van der Waals surface area contributed by atoms with Crippen LogP contribution in [0.4, 0.5) is 0 Å². The molecule has 1 nitrogen and oxygen atoms in total. The Morgan fingerprint density at radius 1 is 1.27 bits per heavy atom. The highest BCUT2D eigenvalue weighted by Gasteiger charge is 2.07. The van der Waals surface area contributed by atoms with Gasteiger partial charge in [0.25, 0.3) is 0 Å². The molecule has 0 fully saturated rings. The fraction of sp³-hybridized carbons (Fsp3) is 0.182. The van der Waals surface area contributed by atoms with Crippen molar-refractivity contribution in [1.82, 2.24) is 0 Å². The van der Waals surface area contributed by atoms with Crippen molar-refractivity contribution in [2.45, 2.75) is 12.8 Å². The number of thiophene rings is 2. The van der Waals surface area contributed by atoms with Gasteiger partial charge in [0.2, 0.25) is 0 Å². The summed E-state index contributed by atoms with van der Waals surface area (Å²) < 4.78 is 1.06. The van der Waals surface area contributed by atoms with E-state index >= 15 is 0 Å². The molecule has 0 saturated heterocycles. The van der Waals surface area contributed by atoms with Gasteiger partial charge in [0.1, 0.15) is 5.78 Å². The van der Waals surface area contributed by atoms with Crippen LogP contribution in [0.15, 0.2) is 33.4 Å². The van der Waals surface area contributed by atoms with Crippen LogP contribution in [0.3, 0.4) is 0 Å². The van der Waals surface area contributed by atoms with Gasteiger partial charge in [-0.3, -0.25) is 4.79 Å². The zero-order valence-corrected chi connectivity index (χ0v) is 11.1. The number of hydrogen-bond donors (Lipinski definition) is 0. The lowest BCUT2D eigenvalue weighted by molar-refractivity contribution is -0.117. The average molecular weight is 301 g/mol. The minimum absolute atomic E-state index is 0.284. The van der Waals surface area contributed by atoms with Crippen LogP contribution in [0.25, 0.3) is 0 Å². The van der Waals surface area contributed by atoms with Crippen LogP contribution in [-0.4, -0.2) is 5.78 Å². The summed E-state index contributed by atoms with van der Waals surface area (Å²) in [6, 6.07) is 6.00. The fourth-order valence-corrected chi connectivity index (χ4v) is 3.52. The van der Waals surface area contributed by atoms with E-state index in [0.29, 0.717) is 12.8 Å². The Kier molecular flexibility index (Phi) is 3.72. The number of ketones is 1. The zero-order chi connectivity index (χ0) is 10.7. The Morgan fingerprint density at radius 2 is 2.07 bits per heavy atom. The molecular weight excluding hydrogens is 292 g/mol. The number of carbonyl (C=O) groups is 1. The van der Waals surface area contributed by atoms with E-state index in [0.717, 1.165) is 14.2 Å². The Morgan fingerprint density at radius 3 is 2.67 bits per heavy atom. The van der Waals surface area contributed by atoms with Crippen molar-refractivity contribution in [2.24, 2.45) is 0 Å². The van der Waals surface area contributed by atoms with Gasteiger partial charge >= 0.3 is 0 Å². The Labute approximate surface area is 105 Å². The maximum absolute atomic E-state index is 11.7. The summed E-state index contributed by atoms with van der Waals surface area (Å²) in [6.45, 7) is 0. The van der Waals surface area contributed by atoms with Crippen LogP contribution in [0.2, 0.25) is 0 Å². The van der Waals surface area contributed by atoms with Gasteiger partial charge in [0.05, 0.1) is 0 Å². The molecule has 0 atom stereocenters. The van der Waals surface area contributed by atoms with Crippen LogP contribution < -0.4 is 0 Å². The second-order valence-corrected chi connectivity index (χ2v) is 6.15. The molecule has 78 valence electrons. The third-order valence-electron chi connectivity index (χ3n) is 1.94. The third kappa shape index (κ3) is 3.26. The van der Waals surface area contributed by atoms with Crippen LogP contribution in [0, 0.1) is 0 Å². The van der Waals surface area contributed by atoms with Crippen molar-refractivity contribution in [3.8, 4) is 0 Å². The molecule has 0 bridgehead atoms. The van der Waals surface area contributed by atoms with Crippen molar-refractivity contribution in [1.29, 1.82) is 0 Å². The van der Waals surface area contributed by atoms with Crippen molar-refractivity contribution >= 4 is 44.4 Å². The molecule has 4 heteroatoms. The van der Waals surface area contributed by atoms with Gasteiger partial charge in [0, 0.05) is 32.4 Å². The van der Waals surface area contributed by atoms with Crippen LogP contribution >= 0.6 is 38.6 Å². The molecule has 0 aromatic carbocycles. The number of halogens is 1. The Balaban J connectivity index is 1.93. The van der Waals surface area contributed by atoms with Crippen molar-refractivity contribution < 1.29 is 4.79 Å². The molecule has 0 aliphatic heterocycles. The first kappa shape index (κ1) is 11.0. The lowest BCUT2D eigenvalue weighted by Gasteiger charge is -1.95. The highest BCUT2D eigenvalue weighted by atomic mass is 79.9. The quantitative estimate of drug-likeness (QED) is 0.836. The Bertz CT molecular complexity index is 445. The van der Waals surface area contributed by atoms with Gasteiger partial charge in [-0.2, -0.15) is 0 Å². The van der Waals surface area contributed by atoms with E-state index in [-0.39, 0.29) is 5.78 Å². The predicted octanol–water partition coefficient (Wildman–Crippen LogP) is 3.93. The molecule has 0 aliphatic rings. The van der Waals surface area contributed by atoms with Gasteiger partial charge < -0.3 is 0 Å². The minimum Gasteiger partial charge on any atom is -0.299 e. The summed E-state index contributed by atoms with van der Waals surface area (Å²) in [5.74, 6) is 0.284. The number of Topliss-reactive ketones (excluding diaryl/α,β-unsaturated/α-hetero) is 1. The number of carbonyl (C=O) groups excluding carboxylic acids is 1. The smallest absolute Gasteiger partial charge is 0.143 e. The summed E-state index contributed by atoms with van der Waals surface area (Å²) in [5.41, 5.74) is 0. The molecule has 0 saturated carbocycles. The molecule has 2 aromatic heterocycles. The standard InChI is InChI=1S/C11H9BrOS2/c12-8-4-11(15-7-8)6-9(13)5-10-2-1-3-14-10/h1-4,7H,5-6H2. The van der Waals surface area contributed by atoms with Crippen LogP contribution in [0.5, 0.6) is 0 Å². The molecule has 0 aliphatic carbocycles. The predicted molar refractivity (Wildman–Crippen MR) is 68.8 cm³/mol. The first-order chi connectivity index (χ1) is 7.24. The van der Waals surface area contributed by atoms with E-state index in [1.165, 1.54) is 0 Å². The van der Waals surface area contributed by atoms with Gasteiger partial charge in [-0.25, -0.2) is 0 Å². The van der Waals surface area contributed by atoms with Crippen LogP contribution in [0.1, 0.15) is 9.75 Å². The van der Waals surface area contributed by atoms with E-state index in [1.807, 2.05) is 29.0 Å². The molecule has 0 radical (unpaired) electrons. The van der Waals surface area contributed by atoms with Gasteiger partial charge in [0.15, 0.2) is 0 Å². The zero-order valence-electron chi connectivity index (χ0n) is 7.90. The summed E-state index contributed by atoms with van der Waals surface area (Å²) in [4.78, 5) is 14.0. The molecule has 15 heavy (non-hydrogen) atoms. The maximum Gasteiger partial charge on any atom is 0.143 e. The SMILES string of the molecule is O=C(Cc1cccs1)Cc1cc(Br)cs1. The number of rotatable bonds is 4.